The van der Waals surface area contributed by atoms with Crippen molar-refractivity contribution in [1.82, 2.24) is 10.2 Å². The van der Waals surface area contributed by atoms with Gasteiger partial charge in [0.2, 0.25) is 16.9 Å². The third-order valence-corrected chi connectivity index (χ3v) is 6.24. The Labute approximate surface area is 161 Å². The summed E-state index contributed by atoms with van der Waals surface area (Å²) in [7, 11) is 1.59. The lowest BCUT2D eigenvalue weighted by Crippen LogP contribution is -2.28. The summed E-state index contributed by atoms with van der Waals surface area (Å²) in [4.78, 5) is 26.7. The standard InChI is InChI=1S/C19H22N4O3S/c1-26-15-8-4-7-14(10-15)23-11-13(9-16(23)24)17(25)20-19-22-21-18(27-19)12-5-2-3-6-12/h4,7-8,10,12-13H,2-3,5-6,9,11H2,1H3,(H,20,22,25)/t13-/m1/s1. The smallest absolute Gasteiger partial charge is 0.231 e. The number of nitrogens with zero attached hydrogens (tertiary/aromatic N) is 3. The Hall–Kier alpha value is -2.48. The van der Waals surface area contributed by atoms with Crippen molar-refractivity contribution in [2.24, 2.45) is 5.92 Å². The van der Waals surface area contributed by atoms with Gasteiger partial charge in [0.15, 0.2) is 0 Å². The molecule has 1 aliphatic carbocycles. The third kappa shape index (κ3) is 3.80. The summed E-state index contributed by atoms with van der Waals surface area (Å²) in [6, 6.07) is 7.31. The zero-order valence-corrected chi connectivity index (χ0v) is 16.0. The van der Waals surface area contributed by atoms with Gasteiger partial charge in [-0.2, -0.15) is 0 Å². The van der Waals surface area contributed by atoms with Crippen molar-refractivity contribution in [1.29, 1.82) is 0 Å². The van der Waals surface area contributed by atoms with Crippen molar-refractivity contribution in [2.75, 3.05) is 23.9 Å². The van der Waals surface area contributed by atoms with Gasteiger partial charge < -0.3 is 15.0 Å². The second kappa shape index (κ2) is 7.64. The van der Waals surface area contributed by atoms with Crippen molar-refractivity contribution in [2.45, 2.75) is 38.0 Å². The number of ether oxygens (including phenoxy) is 1. The van der Waals surface area contributed by atoms with E-state index in [1.54, 1.807) is 18.1 Å². The number of hydrogen-bond donors (Lipinski definition) is 1. The van der Waals surface area contributed by atoms with Gasteiger partial charge in [-0.15, -0.1) is 10.2 Å². The zero-order valence-electron chi connectivity index (χ0n) is 15.2. The summed E-state index contributed by atoms with van der Waals surface area (Å²) in [6.45, 7) is 0.353. The van der Waals surface area contributed by atoms with Crippen LogP contribution in [0.3, 0.4) is 0 Å². The molecule has 2 amide bonds. The summed E-state index contributed by atoms with van der Waals surface area (Å²) >= 11 is 1.45. The number of anilines is 2. The molecule has 0 bridgehead atoms. The molecule has 8 heteroatoms. The van der Waals surface area contributed by atoms with Gasteiger partial charge in [-0.25, -0.2) is 0 Å². The van der Waals surface area contributed by atoms with Crippen LogP contribution in [-0.4, -0.2) is 35.7 Å². The molecule has 142 valence electrons. The highest BCUT2D eigenvalue weighted by Crippen LogP contribution is 2.36. The van der Waals surface area contributed by atoms with Gasteiger partial charge in [0.05, 0.1) is 13.0 Å². The predicted molar refractivity (Wildman–Crippen MR) is 103 cm³/mol. The minimum absolute atomic E-state index is 0.0627. The van der Waals surface area contributed by atoms with E-state index in [1.807, 2.05) is 18.2 Å². The van der Waals surface area contributed by atoms with Gasteiger partial charge in [-0.05, 0) is 25.0 Å². The van der Waals surface area contributed by atoms with E-state index >= 15 is 0 Å². The fraction of sp³-hybridized carbons (Fsp3) is 0.474. The van der Waals surface area contributed by atoms with Gasteiger partial charge in [-0.1, -0.05) is 30.2 Å². The molecule has 0 radical (unpaired) electrons. The number of carbonyl (C=O) groups excluding carboxylic acids is 2. The molecule has 1 N–H and O–H groups in total. The van der Waals surface area contributed by atoms with Crippen molar-refractivity contribution < 1.29 is 14.3 Å². The highest BCUT2D eigenvalue weighted by atomic mass is 32.1. The zero-order chi connectivity index (χ0) is 18.8. The second-order valence-corrected chi connectivity index (χ2v) is 8.03. The molecule has 0 spiro atoms. The summed E-state index contributed by atoms with van der Waals surface area (Å²) < 4.78 is 5.22. The van der Waals surface area contributed by atoms with Gasteiger partial charge in [-0.3, -0.25) is 9.59 Å². The highest BCUT2D eigenvalue weighted by molar-refractivity contribution is 7.15. The maximum Gasteiger partial charge on any atom is 0.231 e. The first kappa shape index (κ1) is 17.9. The highest BCUT2D eigenvalue weighted by Gasteiger charge is 2.35. The van der Waals surface area contributed by atoms with Crippen LogP contribution in [0.2, 0.25) is 0 Å². The molecule has 1 aliphatic heterocycles. The first-order chi connectivity index (χ1) is 13.1. The Kier molecular flexibility index (Phi) is 5.07. The van der Waals surface area contributed by atoms with E-state index in [0.29, 0.717) is 23.3 Å². The van der Waals surface area contributed by atoms with Crippen molar-refractivity contribution >= 4 is 34.0 Å². The summed E-state index contributed by atoms with van der Waals surface area (Å²) in [5, 5.41) is 12.7. The van der Waals surface area contributed by atoms with E-state index < -0.39 is 5.92 Å². The Morgan fingerprint density at radius 3 is 2.89 bits per heavy atom. The van der Waals surface area contributed by atoms with Crippen molar-refractivity contribution in [3.8, 4) is 5.75 Å². The summed E-state index contributed by atoms with van der Waals surface area (Å²) in [6.07, 6.45) is 4.95. The first-order valence-electron chi connectivity index (χ1n) is 9.22. The molecule has 1 atom stereocenters. The van der Waals surface area contributed by atoms with E-state index in [4.69, 9.17) is 4.74 Å². The van der Waals surface area contributed by atoms with Crippen LogP contribution in [0.5, 0.6) is 5.75 Å². The largest absolute Gasteiger partial charge is 0.497 e. The third-order valence-electron chi connectivity index (χ3n) is 5.24. The molecule has 1 aromatic carbocycles. The molecule has 2 heterocycles. The fourth-order valence-corrected chi connectivity index (χ4v) is 4.66. The number of carbonyl (C=O) groups is 2. The molecule has 0 unspecified atom stereocenters. The average Bonchev–Trinajstić information content (AvgIpc) is 3.42. The topological polar surface area (TPSA) is 84.4 Å². The van der Waals surface area contributed by atoms with E-state index in [9.17, 15) is 9.59 Å². The average molecular weight is 386 g/mol. The Bertz CT molecular complexity index is 847. The summed E-state index contributed by atoms with van der Waals surface area (Å²) in [5.41, 5.74) is 0.745. The molecule has 7 nitrogen and oxygen atoms in total. The minimum atomic E-state index is -0.400. The maximum absolute atomic E-state index is 12.6. The molecule has 2 fully saturated rings. The van der Waals surface area contributed by atoms with Crippen molar-refractivity contribution in [3.63, 3.8) is 0 Å². The number of nitrogens with one attached hydrogen (secondary N) is 1. The molecular formula is C19H22N4O3S. The molecule has 1 aromatic heterocycles. The Balaban J connectivity index is 1.40. The van der Waals surface area contributed by atoms with Crippen LogP contribution in [0.25, 0.3) is 0 Å². The van der Waals surface area contributed by atoms with E-state index in [1.165, 1.54) is 24.2 Å². The lowest BCUT2D eigenvalue weighted by atomic mass is 10.1. The molecular weight excluding hydrogens is 364 g/mol. The Morgan fingerprint density at radius 1 is 1.30 bits per heavy atom. The predicted octanol–water partition coefficient (Wildman–Crippen LogP) is 3.20. The second-order valence-electron chi connectivity index (χ2n) is 7.02. The first-order valence-corrected chi connectivity index (χ1v) is 10.0. The van der Waals surface area contributed by atoms with Gasteiger partial charge in [0.25, 0.3) is 0 Å². The van der Waals surface area contributed by atoms with Crippen LogP contribution in [0.15, 0.2) is 24.3 Å². The maximum atomic E-state index is 12.6. The number of amides is 2. The molecule has 1 saturated carbocycles. The quantitative estimate of drug-likeness (QED) is 0.853. The monoisotopic (exact) mass is 386 g/mol. The van der Waals surface area contributed by atoms with Crippen LogP contribution in [-0.2, 0) is 9.59 Å². The SMILES string of the molecule is COc1cccc(N2C[C@H](C(=O)Nc3nnc(C4CCCC4)s3)CC2=O)c1. The number of benzene rings is 1. The molecule has 4 rings (SSSR count). The number of hydrogen-bond acceptors (Lipinski definition) is 6. The van der Waals surface area contributed by atoms with Crippen LogP contribution < -0.4 is 15.0 Å². The fourth-order valence-electron chi connectivity index (χ4n) is 3.74. The number of rotatable bonds is 5. The van der Waals surface area contributed by atoms with Crippen LogP contribution in [0.4, 0.5) is 10.8 Å². The lowest BCUT2D eigenvalue weighted by molar-refractivity contribution is -0.122. The number of aromatic nitrogens is 2. The van der Waals surface area contributed by atoms with Crippen LogP contribution >= 0.6 is 11.3 Å². The number of methoxy groups -OCH3 is 1. The van der Waals surface area contributed by atoms with E-state index in [2.05, 4.69) is 15.5 Å². The minimum Gasteiger partial charge on any atom is -0.497 e. The van der Waals surface area contributed by atoms with E-state index in [0.717, 1.165) is 23.5 Å². The van der Waals surface area contributed by atoms with Crippen molar-refractivity contribution in [3.05, 3.63) is 29.3 Å². The molecule has 2 aromatic rings. The van der Waals surface area contributed by atoms with Gasteiger partial charge in [0, 0.05) is 30.6 Å². The van der Waals surface area contributed by atoms with Gasteiger partial charge in [0.1, 0.15) is 10.8 Å². The Morgan fingerprint density at radius 2 is 2.11 bits per heavy atom. The normalized spacial score (nSPS) is 20.3. The molecule has 1 saturated heterocycles. The van der Waals surface area contributed by atoms with Crippen LogP contribution in [0.1, 0.15) is 43.0 Å². The molecule has 2 aliphatic rings. The van der Waals surface area contributed by atoms with E-state index in [-0.39, 0.29) is 18.2 Å². The van der Waals surface area contributed by atoms with Crippen LogP contribution in [0, 0.1) is 5.92 Å². The summed E-state index contributed by atoms with van der Waals surface area (Å²) in [5.74, 6) is 0.518. The lowest BCUT2D eigenvalue weighted by Gasteiger charge is -2.17. The molecule has 27 heavy (non-hydrogen) atoms. The van der Waals surface area contributed by atoms with Gasteiger partial charge >= 0.3 is 0 Å².